The number of aromatic nitrogens is 2. The van der Waals surface area contributed by atoms with E-state index < -0.39 is 0 Å². The van der Waals surface area contributed by atoms with Crippen LogP contribution in [0.15, 0.2) is 18.2 Å². The first-order valence-electron chi connectivity index (χ1n) is 5.85. The second kappa shape index (κ2) is 5.93. The summed E-state index contributed by atoms with van der Waals surface area (Å²) >= 11 is 5.90. The highest BCUT2D eigenvalue weighted by molar-refractivity contribution is 6.16. The van der Waals surface area contributed by atoms with Crippen LogP contribution in [-0.4, -0.2) is 29.7 Å². The van der Waals surface area contributed by atoms with Crippen LogP contribution in [-0.2, 0) is 22.0 Å². The lowest BCUT2D eigenvalue weighted by molar-refractivity contribution is -0.140. The normalized spacial score (nSPS) is 10.7. The number of hydrogen-bond donors (Lipinski definition) is 0. The zero-order chi connectivity index (χ0) is 13.8. The van der Waals surface area contributed by atoms with Crippen LogP contribution in [0.5, 0.6) is 5.75 Å². The minimum atomic E-state index is -0.259. The Labute approximate surface area is 116 Å². The van der Waals surface area contributed by atoms with Crippen LogP contribution in [0.3, 0.4) is 0 Å². The van der Waals surface area contributed by atoms with E-state index in [-0.39, 0.29) is 18.3 Å². The SMILES string of the molecule is COC(=O)CCn1c(CCl)nc2ccc(OC)cc21. The smallest absolute Gasteiger partial charge is 0.307 e. The topological polar surface area (TPSA) is 53.4 Å². The largest absolute Gasteiger partial charge is 0.497 e. The van der Waals surface area contributed by atoms with Crippen molar-refractivity contribution in [3.63, 3.8) is 0 Å². The number of imidazole rings is 1. The molecule has 5 nitrogen and oxygen atoms in total. The summed E-state index contributed by atoms with van der Waals surface area (Å²) in [5.74, 6) is 1.50. The second-order valence-electron chi connectivity index (χ2n) is 3.99. The van der Waals surface area contributed by atoms with Crippen molar-refractivity contribution in [2.45, 2.75) is 18.8 Å². The molecular formula is C13H15ClN2O3. The molecule has 0 unspecified atom stereocenters. The van der Waals surface area contributed by atoms with Gasteiger partial charge in [-0.1, -0.05) is 0 Å². The van der Waals surface area contributed by atoms with Crippen LogP contribution in [0.25, 0.3) is 11.0 Å². The Morgan fingerprint density at radius 3 is 2.84 bits per heavy atom. The Kier molecular flexibility index (Phi) is 4.27. The maximum atomic E-state index is 11.3. The average Bonchev–Trinajstić information content (AvgIpc) is 2.81. The summed E-state index contributed by atoms with van der Waals surface area (Å²) < 4.78 is 11.8. The van der Waals surface area contributed by atoms with Crippen molar-refractivity contribution >= 4 is 28.6 Å². The predicted octanol–water partition coefficient (Wildman–Crippen LogP) is 2.35. The molecule has 0 bridgehead atoms. The Morgan fingerprint density at radius 2 is 2.21 bits per heavy atom. The number of alkyl halides is 1. The number of hydrogen-bond acceptors (Lipinski definition) is 4. The van der Waals surface area contributed by atoms with Gasteiger partial charge in [-0.3, -0.25) is 4.79 Å². The van der Waals surface area contributed by atoms with E-state index >= 15 is 0 Å². The molecule has 0 aliphatic heterocycles. The number of carbonyl (C=O) groups excluding carboxylic acids is 1. The fourth-order valence-electron chi connectivity index (χ4n) is 1.94. The summed E-state index contributed by atoms with van der Waals surface area (Å²) in [7, 11) is 2.98. The molecule has 0 N–H and O–H groups in total. The van der Waals surface area contributed by atoms with Crippen LogP contribution in [0.1, 0.15) is 12.2 Å². The van der Waals surface area contributed by atoms with Crippen molar-refractivity contribution in [2.75, 3.05) is 14.2 Å². The van der Waals surface area contributed by atoms with Gasteiger partial charge in [0.15, 0.2) is 0 Å². The van der Waals surface area contributed by atoms with Gasteiger partial charge in [-0.2, -0.15) is 0 Å². The number of nitrogens with zero attached hydrogens (tertiary/aromatic N) is 2. The third kappa shape index (κ3) is 2.81. The Bertz CT molecular complexity index is 595. The first kappa shape index (κ1) is 13.7. The number of carbonyl (C=O) groups is 1. The number of rotatable bonds is 5. The molecule has 19 heavy (non-hydrogen) atoms. The summed E-state index contributed by atoms with van der Waals surface area (Å²) in [5.41, 5.74) is 1.74. The van der Waals surface area contributed by atoms with Gasteiger partial charge in [0.2, 0.25) is 0 Å². The Hall–Kier alpha value is -1.75. The van der Waals surface area contributed by atoms with E-state index in [4.69, 9.17) is 16.3 Å². The molecule has 102 valence electrons. The van der Waals surface area contributed by atoms with Gasteiger partial charge in [0.25, 0.3) is 0 Å². The van der Waals surface area contributed by atoms with Gasteiger partial charge in [0.1, 0.15) is 11.6 Å². The van der Waals surface area contributed by atoms with Crippen molar-refractivity contribution < 1.29 is 14.3 Å². The van der Waals surface area contributed by atoms with Crippen molar-refractivity contribution in [3.8, 4) is 5.75 Å². The predicted molar refractivity (Wildman–Crippen MR) is 72.5 cm³/mol. The lowest BCUT2D eigenvalue weighted by Gasteiger charge is -2.07. The lowest BCUT2D eigenvalue weighted by Crippen LogP contribution is -2.09. The fraction of sp³-hybridized carbons (Fsp3) is 0.385. The maximum Gasteiger partial charge on any atom is 0.307 e. The number of ether oxygens (including phenoxy) is 2. The van der Waals surface area contributed by atoms with Crippen LogP contribution in [0, 0.1) is 0 Å². The van der Waals surface area contributed by atoms with Crippen LogP contribution < -0.4 is 4.74 Å². The van der Waals surface area contributed by atoms with E-state index in [0.717, 1.165) is 22.6 Å². The Morgan fingerprint density at radius 1 is 1.42 bits per heavy atom. The molecule has 0 fully saturated rings. The molecular weight excluding hydrogens is 268 g/mol. The fourth-order valence-corrected chi connectivity index (χ4v) is 2.14. The molecule has 2 rings (SSSR count). The standard InChI is InChI=1S/C13H15ClN2O3/c1-18-9-3-4-10-11(7-9)16(12(8-14)15-10)6-5-13(17)19-2/h3-4,7H,5-6,8H2,1-2H3. The van der Waals surface area contributed by atoms with E-state index in [1.807, 2.05) is 22.8 Å². The molecule has 0 saturated heterocycles. The molecule has 0 saturated carbocycles. The van der Waals surface area contributed by atoms with E-state index in [0.29, 0.717) is 6.54 Å². The molecule has 0 aliphatic rings. The van der Waals surface area contributed by atoms with Gasteiger partial charge in [0, 0.05) is 12.6 Å². The van der Waals surface area contributed by atoms with Gasteiger partial charge in [0.05, 0.1) is 37.6 Å². The van der Waals surface area contributed by atoms with Gasteiger partial charge in [-0.15, -0.1) is 11.6 Å². The van der Waals surface area contributed by atoms with E-state index in [1.165, 1.54) is 7.11 Å². The number of methoxy groups -OCH3 is 2. The van der Waals surface area contributed by atoms with Crippen LogP contribution in [0.4, 0.5) is 0 Å². The molecule has 2 aromatic rings. The molecule has 0 spiro atoms. The molecule has 0 aliphatic carbocycles. The third-order valence-corrected chi connectivity index (χ3v) is 3.16. The highest BCUT2D eigenvalue weighted by atomic mass is 35.5. The van der Waals surface area contributed by atoms with Gasteiger partial charge in [-0.25, -0.2) is 4.98 Å². The second-order valence-corrected chi connectivity index (χ2v) is 4.26. The molecule has 1 aromatic heterocycles. The van der Waals surface area contributed by atoms with Crippen molar-refractivity contribution in [1.82, 2.24) is 9.55 Å². The summed E-state index contributed by atoms with van der Waals surface area (Å²) in [6.45, 7) is 0.485. The summed E-state index contributed by atoms with van der Waals surface area (Å²) in [4.78, 5) is 15.7. The zero-order valence-electron chi connectivity index (χ0n) is 10.9. The molecule has 0 amide bonds. The molecule has 1 aromatic carbocycles. The van der Waals surface area contributed by atoms with Gasteiger partial charge in [-0.05, 0) is 12.1 Å². The first-order chi connectivity index (χ1) is 9.19. The number of fused-ring (bicyclic) bond motifs is 1. The quantitative estimate of drug-likeness (QED) is 0.624. The molecule has 0 radical (unpaired) electrons. The number of esters is 1. The van der Waals surface area contributed by atoms with Crippen LogP contribution in [0.2, 0.25) is 0 Å². The minimum Gasteiger partial charge on any atom is -0.497 e. The van der Waals surface area contributed by atoms with Gasteiger partial charge < -0.3 is 14.0 Å². The van der Waals surface area contributed by atoms with E-state index in [9.17, 15) is 4.79 Å². The van der Waals surface area contributed by atoms with E-state index in [2.05, 4.69) is 9.72 Å². The van der Waals surface area contributed by atoms with Crippen molar-refractivity contribution in [2.24, 2.45) is 0 Å². The number of benzene rings is 1. The van der Waals surface area contributed by atoms with Crippen molar-refractivity contribution in [3.05, 3.63) is 24.0 Å². The summed E-state index contributed by atoms with van der Waals surface area (Å²) in [6.07, 6.45) is 0.281. The molecule has 1 heterocycles. The third-order valence-electron chi connectivity index (χ3n) is 2.92. The summed E-state index contributed by atoms with van der Waals surface area (Å²) in [6, 6.07) is 5.60. The van der Waals surface area contributed by atoms with Crippen molar-refractivity contribution in [1.29, 1.82) is 0 Å². The van der Waals surface area contributed by atoms with E-state index in [1.54, 1.807) is 7.11 Å². The van der Waals surface area contributed by atoms with Gasteiger partial charge >= 0.3 is 5.97 Å². The minimum absolute atomic E-state index is 0.259. The maximum absolute atomic E-state index is 11.3. The molecule has 6 heteroatoms. The summed E-state index contributed by atoms with van der Waals surface area (Å²) in [5, 5.41) is 0. The highest BCUT2D eigenvalue weighted by Gasteiger charge is 2.12. The zero-order valence-corrected chi connectivity index (χ0v) is 11.6. The number of halogens is 1. The molecule has 0 atom stereocenters. The highest BCUT2D eigenvalue weighted by Crippen LogP contribution is 2.23. The lowest BCUT2D eigenvalue weighted by atomic mass is 10.3. The Balaban J connectivity index is 2.40. The average molecular weight is 283 g/mol. The monoisotopic (exact) mass is 282 g/mol. The van der Waals surface area contributed by atoms with Crippen LogP contribution >= 0.6 is 11.6 Å². The first-order valence-corrected chi connectivity index (χ1v) is 6.39. The number of aryl methyl sites for hydroxylation is 1.